The van der Waals surface area contributed by atoms with Gasteiger partial charge in [0.05, 0.1) is 12.2 Å². The van der Waals surface area contributed by atoms with Crippen molar-refractivity contribution in [3.8, 4) is 5.75 Å². The summed E-state index contributed by atoms with van der Waals surface area (Å²) in [5.74, 6) is 1.25. The van der Waals surface area contributed by atoms with Crippen LogP contribution in [0.2, 0.25) is 0 Å². The van der Waals surface area contributed by atoms with Crippen LogP contribution in [0.4, 0.5) is 0 Å². The number of ether oxygens (including phenoxy) is 2. The molecular formula is C24H31NO3S. The van der Waals surface area contributed by atoms with Gasteiger partial charge >= 0.3 is 0 Å². The summed E-state index contributed by atoms with van der Waals surface area (Å²) < 4.78 is 11.8. The third kappa shape index (κ3) is 5.61. The van der Waals surface area contributed by atoms with Gasteiger partial charge in [0, 0.05) is 31.5 Å². The van der Waals surface area contributed by atoms with E-state index in [2.05, 4.69) is 47.7 Å². The van der Waals surface area contributed by atoms with Crippen LogP contribution in [-0.2, 0) is 22.5 Å². The molecule has 1 aromatic carbocycles. The number of carbonyl (C=O) groups excluding carboxylic acids is 1. The third-order valence-electron chi connectivity index (χ3n) is 5.81. The maximum absolute atomic E-state index is 13.3. The lowest BCUT2D eigenvalue weighted by Gasteiger charge is -2.37. The van der Waals surface area contributed by atoms with Gasteiger partial charge in [-0.15, -0.1) is 0 Å². The molecule has 1 atom stereocenters. The van der Waals surface area contributed by atoms with Gasteiger partial charge in [-0.05, 0) is 79.6 Å². The topological polar surface area (TPSA) is 38.8 Å². The Morgan fingerprint density at radius 3 is 2.83 bits per heavy atom. The summed E-state index contributed by atoms with van der Waals surface area (Å²) in [6.45, 7) is 6.19. The van der Waals surface area contributed by atoms with Crippen molar-refractivity contribution in [1.82, 2.24) is 4.90 Å². The minimum atomic E-state index is -0.204. The predicted molar refractivity (Wildman–Crippen MR) is 116 cm³/mol. The van der Waals surface area contributed by atoms with E-state index in [1.165, 1.54) is 5.56 Å². The number of hydrogen-bond donors (Lipinski definition) is 0. The molecule has 2 aromatic rings. The first-order valence-electron chi connectivity index (χ1n) is 10.7. The molecule has 4 rings (SSSR count). The molecule has 29 heavy (non-hydrogen) atoms. The van der Waals surface area contributed by atoms with Crippen molar-refractivity contribution in [3.63, 3.8) is 0 Å². The van der Waals surface area contributed by atoms with Crippen molar-refractivity contribution < 1.29 is 14.3 Å². The first-order chi connectivity index (χ1) is 14.0. The summed E-state index contributed by atoms with van der Waals surface area (Å²) >= 11 is 1.72. The second-order valence-corrected chi connectivity index (χ2v) is 9.65. The van der Waals surface area contributed by atoms with Crippen LogP contribution in [0, 0.1) is 5.92 Å². The van der Waals surface area contributed by atoms with Crippen molar-refractivity contribution in [2.75, 3.05) is 13.2 Å². The SMILES string of the molecule is CC1(C)CC(C(=O)N(Cc2cccc(OCCc3ccsc3)c2)C2CC2)CCO1. The Bertz CT molecular complexity index is 813. The molecule has 0 bridgehead atoms. The number of carbonyl (C=O) groups is 1. The van der Waals surface area contributed by atoms with Crippen molar-refractivity contribution in [3.05, 3.63) is 52.2 Å². The van der Waals surface area contributed by atoms with E-state index >= 15 is 0 Å². The molecule has 4 nitrogen and oxygen atoms in total. The summed E-state index contributed by atoms with van der Waals surface area (Å²) in [5.41, 5.74) is 2.25. The van der Waals surface area contributed by atoms with Crippen LogP contribution in [-0.4, -0.2) is 35.7 Å². The minimum absolute atomic E-state index is 0.0735. The van der Waals surface area contributed by atoms with Gasteiger partial charge in [0.25, 0.3) is 0 Å². The van der Waals surface area contributed by atoms with E-state index < -0.39 is 0 Å². The van der Waals surface area contributed by atoms with E-state index in [4.69, 9.17) is 9.47 Å². The van der Waals surface area contributed by atoms with E-state index in [-0.39, 0.29) is 11.5 Å². The van der Waals surface area contributed by atoms with Gasteiger partial charge in [0.2, 0.25) is 5.91 Å². The van der Waals surface area contributed by atoms with E-state index in [1.807, 2.05) is 12.1 Å². The van der Waals surface area contributed by atoms with E-state index in [0.717, 1.165) is 43.4 Å². The fraction of sp³-hybridized carbons (Fsp3) is 0.542. The van der Waals surface area contributed by atoms with Crippen LogP contribution in [0.1, 0.15) is 50.7 Å². The Hall–Kier alpha value is -1.85. The molecule has 2 heterocycles. The lowest BCUT2D eigenvalue weighted by Crippen LogP contribution is -2.44. The average Bonchev–Trinajstić information content (AvgIpc) is 3.41. The lowest BCUT2D eigenvalue weighted by molar-refractivity contribution is -0.146. The highest BCUT2D eigenvalue weighted by Gasteiger charge is 2.39. The van der Waals surface area contributed by atoms with Crippen LogP contribution in [0.15, 0.2) is 41.1 Å². The molecule has 1 aromatic heterocycles. The summed E-state index contributed by atoms with van der Waals surface area (Å²) in [5, 5.41) is 4.26. The van der Waals surface area contributed by atoms with Gasteiger partial charge in [0.15, 0.2) is 0 Å². The van der Waals surface area contributed by atoms with E-state index in [0.29, 0.717) is 31.7 Å². The monoisotopic (exact) mass is 413 g/mol. The predicted octanol–water partition coefficient (Wildman–Crippen LogP) is 5.07. The Labute approximate surface area is 177 Å². The molecule has 1 amide bonds. The van der Waals surface area contributed by atoms with Gasteiger partial charge in [-0.3, -0.25) is 4.79 Å². The molecule has 1 saturated carbocycles. The zero-order valence-corrected chi connectivity index (χ0v) is 18.2. The zero-order valence-electron chi connectivity index (χ0n) is 17.4. The fourth-order valence-corrected chi connectivity index (χ4v) is 4.81. The molecule has 1 aliphatic carbocycles. The third-order valence-corrected chi connectivity index (χ3v) is 6.54. The number of nitrogens with zero attached hydrogens (tertiary/aromatic N) is 1. The summed E-state index contributed by atoms with van der Waals surface area (Å²) in [6.07, 6.45) is 4.79. The van der Waals surface area contributed by atoms with Crippen LogP contribution >= 0.6 is 11.3 Å². The van der Waals surface area contributed by atoms with Crippen LogP contribution in [0.5, 0.6) is 5.75 Å². The van der Waals surface area contributed by atoms with E-state index in [1.54, 1.807) is 11.3 Å². The Balaban J connectivity index is 1.37. The van der Waals surface area contributed by atoms with Gasteiger partial charge < -0.3 is 14.4 Å². The molecule has 156 valence electrons. The van der Waals surface area contributed by atoms with Crippen molar-refractivity contribution >= 4 is 17.2 Å². The van der Waals surface area contributed by atoms with Crippen LogP contribution in [0.3, 0.4) is 0 Å². The number of thiophene rings is 1. The van der Waals surface area contributed by atoms with Gasteiger partial charge in [-0.1, -0.05) is 12.1 Å². The molecular weight excluding hydrogens is 382 g/mol. The van der Waals surface area contributed by atoms with Gasteiger partial charge in [0.1, 0.15) is 5.75 Å². The molecule has 2 aliphatic rings. The number of benzene rings is 1. The molecule has 0 radical (unpaired) electrons. The van der Waals surface area contributed by atoms with Gasteiger partial charge in [-0.2, -0.15) is 11.3 Å². The van der Waals surface area contributed by atoms with Crippen molar-refractivity contribution in [1.29, 1.82) is 0 Å². The van der Waals surface area contributed by atoms with Crippen molar-refractivity contribution in [2.24, 2.45) is 5.92 Å². The van der Waals surface area contributed by atoms with Crippen LogP contribution < -0.4 is 4.74 Å². The molecule has 5 heteroatoms. The molecule has 1 aliphatic heterocycles. The van der Waals surface area contributed by atoms with Crippen LogP contribution in [0.25, 0.3) is 0 Å². The molecule has 0 N–H and O–H groups in total. The fourth-order valence-electron chi connectivity index (χ4n) is 4.10. The number of hydrogen-bond acceptors (Lipinski definition) is 4. The Kier molecular flexibility index (Phi) is 6.26. The summed E-state index contributed by atoms with van der Waals surface area (Å²) in [4.78, 5) is 15.4. The average molecular weight is 414 g/mol. The standard InChI is InChI=1S/C24H31NO3S/c1-24(2)15-20(9-12-28-24)23(26)25(21-6-7-21)16-19-4-3-5-22(14-19)27-11-8-18-10-13-29-17-18/h3-5,10,13-14,17,20-21H,6-9,11-12,15-16H2,1-2H3. The molecule has 1 saturated heterocycles. The second-order valence-electron chi connectivity index (χ2n) is 8.87. The molecule has 0 spiro atoms. The van der Waals surface area contributed by atoms with Crippen molar-refractivity contribution in [2.45, 2.75) is 64.1 Å². The maximum atomic E-state index is 13.3. The van der Waals surface area contributed by atoms with E-state index in [9.17, 15) is 4.79 Å². The normalized spacial score (nSPS) is 21.0. The zero-order chi connectivity index (χ0) is 20.3. The first kappa shape index (κ1) is 20.4. The molecule has 2 fully saturated rings. The lowest BCUT2D eigenvalue weighted by atomic mass is 9.87. The number of amides is 1. The summed E-state index contributed by atoms with van der Waals surface area (Å²) in [7, 11) is 0. The first-order valence-corrected chi connectivity index (χ1v) is 11.6. The highest BCUT2D eigenvalue weighted by Crippen LogP contribution is 2.35. The smallest absolute Gasteiger partial charge is 0.226 e. The summed E-state index contributed by atoms with van der Waals surface area (Å²) in [6, 6.07) is 10.8. The second kappa shape index (κ2) is 8.88. The maximum Gasteiger partial charge on any atom is 0.226 e. The van der Waals surface area contributed by atoms with Gasteiger partial charge in [-0.25, -0.2) is 0 Å². The number of rotatable bonds is 8. The Morgan fingerprint density at radius 2 is 2.10 bits per heavy atom. The Morgan fingerprint density at radius 1 is 1.24 bits per heavy atom. The molecule has 1 unspecified atom stereocenters. The minimum Gasteiger partial charge on any atom is -0.493 e. The quantitative estimate of drug-likeness (QED) is 0.607. The highest BCUT2D eigenvalue weighted by molar-refractivity contribution is 7.07. The largest absolute Gasteiger partial charge is 0.493 e. The highest BCUT2D eigenvalue weighted by atomic mass is 32.1.